The second-order valence-electron chi connectivity index (χ2n) is 22.6. The molecule has 26 nitrogen and oxygen atoms in total. The lowest BCUT2D eigenvalue weighted by molar-refractivity contribution is -0.137. The van der Waals surface area contributed by atoms with Crippen LogP contribution in [0.3, 0.4) is 0 Å². The van der Waals surface area contributed by atoms with Crippen LogP contribution < -0.4 is 71.2 Å². The normalized spacial score (nSPS) is 23.4. The van der Waals surface area contributed by atoms with Crippen molar-refractivity contribution in [3.05, 3.63) is 35.9 Å². The number of rotatable bonds is 31. The second kappa shape index (κ2) is 40.2. The van der Waals surface area contributed by atoms with E-state index in [2.05, 4.69) is 56.4 Å². The summed E-state index contributed by atoms with van der Waals surface area (Å²) in [5.41, 5.74) is 30.1. The number of unbranched alkanes of at least 4 members (excludes halogenated alkanes) is 1. The molecule has 26 heteroatoms. The van der Waals surface area contributed by atoms with Gasteiger partial charge in [0.15, 0.2) is 11.6 Å². The van der Waals surface area contributed by atoms with E-state index in [9.17, 15) is 63.0 Å². The number of hydrogen-bond donors (Lipinski definition) is 15. The van der Waals surface area contributed by atoms with Crippen molar-refractivity contribution in [1.29, 1.82) is 0 Å². The summed E-state index contributed by atoms with van der Waals surface area (Å²) in [6, 6.07) is -1.31. The van der Waals surface area contributed by atoms with E-state index in [1.54, 1.807) is 44.2 Å². The van der Waals surface area contributed by atoms with Crippen LogP contribution in [0, 0.1) is 29.6 Å². The van der Waals surface area contributed by atoms with Gasteiger partial charge in [-0.15, -0.1) is 0 Å². The largest absolute Gasteiger partial charge is 0.393 e. The Bertz CT molecular complexity index is 2310. The van der Waals surface area contributed by atoms with Crippen molar-refractivity contribution >= 4 is 64.6 Å². The predicted octanol–water partition coefficient (Wildman–Crippen LogP) is -1.97. The Hall–Kier alpha value is -6.29. The van der Waals surface area contributed by atoms with Crippen molar-refractivity contribution < 1.29 is 63.0 Å². The minimum atomic E-state index is -1.61. The number of amides is 8. The van der Waals surface area contributed by atoms with Crippen LogP contribution in [-0.4, -0.2) is 169 Å². The molecule has 480 valence electrons. The van der Waals surface area contributed by atoms with Crippen molar-refractivity contribution in [2.45, 2.75) is 199 Å². The molecule has 2 rings (SSSR count). The molecular weight excluding hydrogens is 1100 g/mol. The molecule has 1 fully saturated rings. The third-order valence-electron chi connectivity index (χ3n) is 15.7. The summed E-state index contributed by atoms with van der Waals surface area (Å²) < 4.78 is 0. The van der Waals surface area contributed by atoms with E-state index in [1.165, 1.54) is 13.8 Å². The Labute approximate surface area is 500 Å². The van der Waals surface area contributed by atoms with Crippen LogP contribution in [0.15, 0.2) is 30.3 Å². The monoisotopic (exact) mass is 1200 g/mol. The highest BCUT2D eigenvalue weighted by molar-refractivity contribution is 5.99. The predicted molar refractivity (Wildman–Crippen MR) is 320 cm³/mol. The molecule has 14 unspecified atom stereocenters. The SMILES string of the molecule is CCC(C)CCCCC(=O)CC(CCN)C(=O)NC(C(=O)CC(CCN)C(=O)NC1CCNC(=O)C(C(C)O)CC(=O)C(CCN)NC(=O)C(CCN)NC(=O)C(C(C)CC)NC(=O)C(Cc2ccccc2)NC(=O)C(CCN)NC1=O)C(C)O. The van der Waals surface area contributed by atoms with Crippen LogP contribution in [0.2, 0.25) is 0 Å². The Morgan fingerprint density at radius 2 is 1.15 bits per heavy atom. The molecule has 0 radical (unpaired) electrons. The molecule has 1 saturated heterocycles. The third kappa shape index (κ3) is 26.5. The Morgan fingerprint density at radius 1 is 0.612 bits per heavy atom. The molecule has 8 amide bonds. The summed E-state index contributed by atoms with van der Waals surface area (Å²) in [6.45, 7) is 9.39. The summed E-state index contributed by atoms with van der Waals surface area (Å²) in [5, 5.41) is 42.8. The molecule has 1 aromatic rings. The first-order valence-electron chi connectivity index (χ1n) is 30.3. The van der Waals surface area contributed by atoms with Crippen LogP contribution in [0.4, 0.5) is 0 Å². The summed E-state index contributed by atoms with van der Waals surface area (Å²) in [6.07, 6.45) is -1.09. The molecule has 1 heterocycles. The zero-order valence-electron chi connectivity index (χ0n) is 50.8. The average Bonchev–Trinajstić information content (AvgIpc) is 3.69. The van der Waals surface area contributed by atoms with Crippen LogP contribution >= 0.6 is 0 Å². The van der Waals surface area contributed by atoms with Crippen molar-refractivity contribution in [3.63, 3.8) is 0 Å². The molecule has 0 saturated carbocycles. The van der Waals surface area contributed by atoms with Gasteiger partial charge in [-0.3, -0.25) is 52.7 Å². The second-order valence-corrected chi connectivity index (χ2v) is 22.6. The lowest BCUT2D eigenvalue weighted by atomic mass is 9.91. The average molecular weight is 1200 g/mol. The highest BCUT2D eigenvalue weighted by atomic mass is 16.3. The van der Waals surface area contributed by atoms with Gasteiger partial charge in [0.25, 0.3) is 0 Å². The Morgan fingerprint density at radius 3 is 1.69 bits per heavy atom. The quantitative estimate of drug-likeness (QED) is 0.0359. The Balaban J connectivity index is 2.68. The number of aliphatic hydroxyl groups is 2. The lowest BCUT2D eigenvalue weighted by Gasteiger charge is -2.30. The summed E-state index contributed by atoms with van der Waals surface area (Å²) in [4.78, 5) is 155. The number of aliphatic hydroxyl groups excluding tert-OH is 2. The topological polar surface area (TPSA) is 455 Å². The fourth-order valence-corrected chi connectivity index (χ4v) is 9.88. The molecule has 1 aliphatic heterocycles. The van der Waals surface area contributed by atoms with Gasteiger partial charge in [-0.1, -0.05) is 83.7 Å². The molecule has 0 bridgehead atoms. The number of carbonyl (C=O) groups is 11. The number of nitrogens with one attached hydrogen (secondary N) is 8. The van der Waals surface area contributed by atoms with Crippen LogP contribution in [0.25, 0.3) is 0 Å². The van der Waals surface area contributed by atoms with Gasteiger partial charge >= 0.3 is 0 Å². The van der Waals surface area contributed by atoms with Gasteiger partial charge in [-0.05, 0) is 109 Å². The molecule has 0 aromatic heterocycles. The Kier molecular flexibility index (Phi) is 35.3. The fraction of sp³-hybridized carbons (Fsp3) is 0.712. The van der Waals surface area contributed by atoms with Gasteiger partial charge in [0.2, 0.25) is 47.3 Å². The maximum Gasteiger partial charge on any atom is 0.243 e. The maximum atomic E-state index is 14.6. The number of nitrogens with two attached hydrogens (primary N) is 5. The first-order chi connectivity index (χ1) is 40.4. The number of Topliss-reactive ketones (excluding diaryl/α,β-unsaturated/α-hetero) is 3. The van der Waals surface area contributed by atoms with Gasteiger partial charge in [0.1, 0.15) is 42.0 Å². The number of ketones is 3. The third-order valence-corrected chi connectivity index (χ3v) is 15.7. The number of carbonyl (C=O) groups excluding carboxylic acids is 11. The lowest BCUT2D eigenvalue weighted by Crippen LogP contribution is -2.61. The number of hydrogen-bond acceptors (Lipinski definition) is 18. The van der Waals surface area contributed by atoms with E-state index >= 15 is 0 Å². The van der Waals surface area contributed by atoms with Gasteiger partial charge in [-0.25, -0.2) is 0 Å². The van der Waals surface area contributed by atoms with E-state index in [0.29, 0.717) is 24.3 Å². The van der Waals surface area contributed by atoms with E-state index in [1.807, 2.05) is 0 Å². The summed E-state index contributed by atoms with van der Waals surface area (Å²) in [7, 11) is 0. The van der Waals surface area contributed by atoms with Crippen LogP contribution in [0.1, 0.15) is 143 Å². The first-order valence-corrected chi connectivity index (χ1v) is 30.3. The van der Waals surface area contributed by atoms with Gasteiger partial charge in [-0.2, -0.15) is 0 Å². The van der Waals surface area contributed by atoms with Crippen molar-refractivity contribution in [2.24, 2.45) is 58.3 Å². The van der Waals surface area contributed by atoms with Crippen molar-refractivity contribution in [3.8, 4) is 0 Å². The highest BCUT2D eigenvalue weighted by Crippen LogP contribution is 2.20. The summed E-state index contributed by atoms with van der Waals surface area (Å²) in [5.74, 6) is -12.0. The minimum Gasteiger partial charge on any atom is -0.393 e. The minimum absolute atomic E-state index is 0.0571. The standard InChI is InChI=1S/C59H101N13O13/c1-7-34(3)14-12-13-17-41(75)31-39(18-24-60)53(79)72-51(37(6)74)49(77)32-40(19-25-61)52(78)67-46-23-29-65-54(80)42(36(5)73)33-48(76)43(20-26-62)66-55(81)45(22-28-64)69-59(85)50(35(4)8-2)71-58(84)47(30-38-15-10-9-11-16-38)70-56(82)44(21-27-63)68-57(46)83/h9-11,15-16,34-37,39-40,42-47,50-51,73-74H,7-8,12-14,17-33,60-64H2,1-6H3,(H,65,80)(H,66,81)(H,67,78)(H,68,83)(H,69,85)(H,70,82)(H,71,84)(H,72,79). The zero-order chi connectivity index (χ0) is 63.8. The van der Waals surface area contributed by atoms with Crippen LogP contribution in [-0.2, 0) is 59.2 Å². The molecule has 0 aliphatic carbocycles. The maximum absolute atomic E-state index is 14.6. The van der Waals surface area contributed by atoms with Gasteiger partial charge in [0, 0.05) is 50.5 Å². The molecule has 1 aromatic carbocycles. The van der Waals surface area contributed by atoms with E-state index in [4.69, 9.17) is 28.7 Å². The van der Waals surface area contributed by atoms with Crippen molar-refractivity contribution in [1.82, 2.24) is 42.5 Å². The number of benzene rings is 1. The van der Waals surface area contributed by atoms with E-state index in [0.717, 1.165) is 19.3 Å². The van der Waals surface area contributed by atoms with Crippen LogP contribution in [0.5, 0.6) is 0 Å². The summed E-state index contributed by atoms with van der Waals surface area (Å²) >= 11 is 0. The zero-order valence-corrected chi connectivity index (χ0v) is 50.8. The molecule has 0 spiro atoms. The fourth-order valence-electron chi connectivity index (χ4n) is 9.88. The smallest absolute Gasteiger partial charge is 0.243 e. The van der Waals surface area contributed by atoms with E-state index < -0.39 is 163 Å². The van der Waals surface area contributed by atoms with Gasteiger partial charge < -0.3 is 81.4 Å². The molecule has 85 heavy (non-hydrogen) atoms. The molecule has 20 N–H and O–H groups in total. The highest BCUT2D eigenvalue weighted by Gasteiger charge is 2.38. The van der Waals surface area contributed by atoms with Gasteiger partial charge in [0.05, 0.1) is 24.2 Å². The van der Waals surface area contributed by atoms with Crippen molar-refractivity contribution in [2.75, 3.05) is 39.3 Å². The van der Waals surface area contributed by atoms with E-state index in [-0.39, 0.29) is 89.9 Å². The molecular formula is C59H101N13O13. The molecule has 14 atom stereocenters. The first kappa shape index (κ1) is 74.8. The molecule has 1 aliphatic rings.